The fourth-order valence-corrected chi connectivity index (χ4v) is 3.16. The van der Waals surface area contributed by atoms with Crippen LogP contribution < -0.4 is 10.6 Å². The molecule has 0 radical (unpaired) electrons. The van der Waals surface area contributed by atoms with Gasteiger partial charge in [-0.25, -0.2) is 4.79 Å². The Labute approximate surface area is 119 Å². The summed E-state index contributed by atoms with van der Waals surface area (Å²) < 4.78 is 0. The molecule has 0 aromatic carbocycles. The van der Waals surface area contributed by atoms with Crippen molar-refractivity contribution >= 4 is 17.4 Å². The second-order valence-corrected chi connectivity index (χ2v) is 6.14. The van der Waals surface area contributed by atoms with Gasteiger partial charge < -0.3 is 15.5 Å². The molecule has 0 bridgehead atoms. The van der Waals surface area contributed by atoms with Crippen LogP contribution in [-0.4, -0.2) is 37.1 Å². The third-order valence-electron chi connectivity index (χ3n) is 3.70. The zero-order valence-corrected chi connectivity index (χ0v) is 12.3. The molecule has 106 valence electrons. The Morgan fingerprint density at radius 2 is 2.21 bits per heavy atom. The number of likely N-dealkylation sites (N-methyl/N-ethyl adjacent to an activating group) is 1. The third kappa shape index (κ3) is 4.84. The molecule has 1 heterocycles. The molecular weight excluding hydrogens is 258 g/mol. The van der Waals surface area contributed by atoms with Crippen molar-refractivity contribution in [2.75, 3.05) is 20.1 Å². The second kappa shape index (κ2) is 7.50. The highest BCUT2D eigenvalue weighted by atomic mass is 32.1. The molecule has 0 aliphatic heterocycles. The largest absolute Gasteiger partial charge is 0.337 e. The number of hydrogen-bond donors (Lipinski definition) is 2. The first-order valence-electron chi connectivity index (χ1n) is 7.00. The first kappa shape index (κ1) is 14.3. The standard InChI is InChI=1S/C14H23N3OS/c1-17(12-5-2-3-6-12)9-8-15-14(18)16-11-13-7-4-10-19-13/h4,7,10,12H,2-3,5-6,8-9,11H2,1H3,(H2,15,16,18). The summed E-state index contributed by atoms with van der Waals surface area (Å²) in [5.74, 6) is 0. The third-order valence-corrected chi connectivity index (χ3v) is 4.58. The first-order chi connectivity index (χ1) is 9.25. The van der Waals surface area contributed by atoms with E-state index in [2.05, 4.69) is 22.6 Å². The maximum Gasteiger partial charge on any atom is 0.315 e. The van der Waals surface area contributed by atoms with Crippen LogP contribution in [0.2, 0.25) is 0 Å². The Morgan fingerprint density at radius 1 is 1.42 bits per heavy atom. The molecule has 0 atom stereocenters. The van der Waals surface area contributed by atoms with Gasteiger partial charge in [-0.2, -0.15) is 0 Å². The van der Waals surface area contributed by atoms with E-state index in [1.54, 1.807) is 11.3 Å². The summed E-state index contributed by atoms with van der Waals surface area (Å²) in [6, 6.07) is 4.67. The van der Waals surface area contributed by atoms with E-state index in [1.807, 2.05) is 17.5 Å². The Hall–Kier alpha value is -1.07. The van der Waals surface area contributed by atoms with Crippen molar-refractivity contribution in [3.05, 3.63) is 22.4 Å². The molecule has 1 saturated carbocycles. The lowest BCUT2D eigenvalue weighted by atomic mass is 10.2. The van der Waals surface area contributed by atoms with Crippen molar-refractivity contribution < 1.29 is 4.79 Å². The van der Waals surface area contributed by atoms with Crippen LogP contribution in [0.3, 0.4) is 0 Å². The molecular formula is C14H23N3OS. The van der Waals surface area contributed by atoms with Gasteiger partial charge >= 0.3 is 6.03 Å². The van der Waals surface area contributed by atoms with Gasteiger partial charge in [0.1, 0.15) is 0 Å². The van der Waals surface area contributed by atoms with Gasteiger partial charge in [-0.05, 0) is 31.3 Å². The van der Waals surface area contributed by atoms with Crippen molar-refractivity contribution in [3.8, 4) is 0 Å². The number of thiophene rings is 1. The SMILES string of the molecule is CN(CCNC(=O)NCc1cccs1)C1CCCC1. The van der Waals surface area contributed by atoms with Gasteiger partial charge in [-0.15, -0.1) is 11.3 Å². The summed E-state index contributed by atoms with van der Waals surface area (Å²) in [5, 5.41) is 7.80. The number of hydrogen-bond acceptors (Lipinski definition) is 3. The lowest BCUT2D eigenvalue weighted by Crippen LogP contribution is -2.41. The number of carbonyl (C=O) groups excluding carboxylic acids is 1. The number of nitrogens with zero attached hydrogens (tertiary/aromatic N) is 1. The molecule has 0 saturated heterocycles. The molecule has 4 nitrogen and oxygen atoms in total. The maximum atomic E-state index is 11.6. The lowest BCUT2D eigenvalue weighted by Gasteiger charge is -2.23. The molecule has 2 rings (SSSR count). The molecule has 1 fully saturated rings. The van der Waals surface area contributed by atoms with Gasteiger partial charge in [0.2, 0.25) is 0 Å². The summed E-state index contributed by atoms with van der Waals surface area (Å²) >= 11 is 1.66. The fourth-order valence-electron chi connectivity index (χ4n) is 2.52. The molecule has 2 N–H and O–H groups in total. The minimum Gasteiger partial charge on any atom is -0.337 e. The first-order valence-corrected chi connectivity index (χ1v) is 7.88. The normalized spacial score (nSPS) is 15.9. The monoisotopic (exact) mass is 281 g/mol. The topological polar surface area (TPSA) is 44.4 Å². The van der Waals surface area contributed by atoms with Gasteiger partial charge in [0, 0.05) is 24.0 Å². The van der Waals surface area contributed by atoms with Crippen molar-refractivity contribution in [1.82, 2.24) is 15.5 Å². The number of carbonyl (C=O) groups is 1. The maximum absolute atomic E-state index is 11.6. The van der Waals surface area contributed by atoms with Crippen molar-refractivity contribution in [2.24, 2.45) is 0 Å². The molecule has 1 aliphatic rings. The van der Waals surface area contributed by atoms with Crippen LogP contribution in [0.4, 0.5) is 4.79 Å². The molecule has 5 heteroatoms. The van der Waals surface area contributed by atoms with Crippen LogP contribution in [-0.2, 0) is 6.54 Å². The van der Waals surface area contributed by atoms with Crippen LogP contribution in [0, 0.1) is 0 Å². The average Bonchev–Trinajstić information content (AvgIpc) is 3.09. The molecule has 0 unspecified atom stereocenters. The summed E-state index contributed by atoms with van der Waals surface area (Å²) in [6.07, 6.45) is 5.32. The van der Waals surface area contributed by atoms with Gasteiger partial charge in [-0.3, -0.25) is 0 Å². The van der Waals surface area contributed by atoms with Crippen LogP contribution in [0.15, 0.2) is 17.5 Å². The zero-order valence-electron chi connectivity index (χ0n) is 11.5. The highest BCUT2D eigenvalue weighted by molar-refractivity contribution is 7.09. The molecule has 1 aliphatic carbocycles. The predicted octanol–water partition coefficient (Wildman–Crippen LogP) is 2.42. The van der Waals surface area contributed by atoms with E-state index in [-0.39, 0.29) is 6.03 Å². The van der Waals surface area contributed by atoms with Gasteiger partial charge in [0.15, 0.2) is 0 Å². The van der Waals surface area contributed by atoms with E-state index < -0.39 is 0 Å². The predicted molar refractivity (Wildman–Crippen MR) is 79.4 cm³/mol. The fraction of sp³-hybridized carbons (Fsp3) is 0.643. The molecule has 0 spiro atoms. The van der Waals surface area contributed by atoms with E-state index in [0.717, 1.165) is 12.6 Å². The van der Waals surface area contributed by atoms with E-state index in [9.17, 15) is 4.79 Å². The van der Waals surface area contributed by atoms with Crippen molar-refractivity contribution in [1.29, 1.82) is 0 Å². The number of amides is 2. The van der Waals surface area contributed by atoms with Crippen LogP contribution in [0.1, 0.15) is 30.6 Å². The highest BCUT2D eigenvalue weighted by Gasteiger charge is 2.18. The van der Waals surface area contributed by atoms with E-state index >= 15 is 0 Å². The molecule has 19 heavy (non-hydrogen) atoms. The molecule has 1 aromatic heterocycles. The van der Waals surface area contributed by atoms with E-state index in [4.69, 9.17) is 0 Å². The Kier molecular flexibility index (Phi) is 5.66. The van der Waals surface area contributed by atoms with Gasteiger partial charge in [0.05, 0.1) is 6.54 Å². The highest BCUT2D eigenvalue weighted by Crippen LogP contribution is 2.21. The van der Waals surface area contributed by atoms with Crippen molar-refractivity contribution in [2.45, 2.75) is 38.3 Å². The van der Waals surface area contributed by atoms with Crippen LogP contribution in [0.25, 0.3) is 0 Å². The molecule has 2 amide bonds. The van der Waals surface area contributed by atoms with Gasteiger partial charge in [-0.1, -0.05) is 18.9 Å². The average molecular weight is 281 g/mol. The number of urea groups is 1. The Bertz CT molecular complexity index is 374. The Morgan fingerprint density at radius 3 is 2.89 bits per heavy atom. The van der Waals surface area contributed by atoms with Crippen molar-refractivity contribution in [3.63, 3.8) is 0 Å². The Balaban J connectivity index is 1.55. The van der Waals surface area contributed by atoms with E-state index in [0.29, 0.717) is 13.1 Å². The minimum absolute atomic E-state index is 0.0757. The quantitative estimate of drug-likeness (QED) is 0.841. The lowest BCUT2D eigenvalue weighted by molar-refractivity contribution is 0.228. The van der Waals surface area contributed by atoms with Gasteiger partial charge in [0.25, 0.3) is 0 Å². The summed E-state index contributed by atoms with van der Waals surface area (Å²) in [6.45, 7) is 2.25. The van der Waals surface area contributed by atoms with E-state index in [1.165, 1.54) is 30.6 Å². The second-order valence-electron chi connectivity index (χ2n) is 5.11. The smallest absolute Gasteiger partial charge is 0.315 e. The number of nitrogens with one attached hydrogen (secondary N) is 2. The summed E-state index contributed by atoms with van der Waals surface area (Å²) in [7, 11) is 2.15. The summed E-state index contributed by atoms with van der Waals surface area (Å²) in [5.41, 5.74) is 0. The minimum atomic E-state index is -0.0757. The summed E-state index contributed by atoms with van der Waals surface area (Å²) in [4.78, 5) is 15.2. The molecule has 1 aromatic rings. The number of rotatable bonds is 6. The zero-order chi connectivity index (χ0) is 13.5. The van der Waals surface area contributed by atoms with Crippen LogP contribution in [0.5, 0.6) is 0 Å². The van der Waals surface area contributed by atoms with Crippen LogP contribution >= 0.6 is 11.3 Å².